The van der Waals surface area contributed by atoms with E-state index in [2.05, 4.69) is 5.32 Å². The summed E-state index contributed by atoms with van der Waals surface area (Å²) in [4.78, 5) is 33.3. The van der Waals surface area contributed by atoms with Gasteiger partial charge in [0.15, 0.2) is 0 Å². The first-order valence-corrected chi connectivity index (χ1v) is 5.82. The van der Waals surface area contributed by atoms with E-state index in [-0.39, 0.29) is 24.4 Å². The van der Waals surface area contributed by atoms with Gasteiger partial charge in [0.2, 0.25) is 12.3 Å². The highest BCUT2D eigenvalue weighted by atomic mass is 35.5. The van der Waals surface area contributed by atoms with Crippen molar-refractivity contribution in [2.24, 2.45) is 5.92 Å². The molecule has 0 radical (unpaired) electrons. The van der Waals surface area contributed by atoms with Crippen LogP contribution in [-0.4, -0.2) is 40.9 Å². The van der Waals surface area contributed by atoms with Crippen LogP contribution >= 0.6 is 11.6 Å². The molecule has 0 aromatic rings. The van der Waals surface area contributed by atoms with Crippen LogP contribution in [0, 0.1) is 5.92 Å². The molecule has 6 nitrogen and oxygen atoms in total. The standard InChI is InChI=1S/C10H15ClFN3O3/c1-10(2)3-6(8(17)14-10)4-15(13-5-16)9(18)7(11)12/h5-7H,3-4H2,1-2H3,(H,13,16)(H,14,17). The van der Waals surface area contributed by atoms with Crippen LogP contribution in [0.15, 0.2) is 0 Å². The van der Waals surface area contributed by atoms with Gasteiger partial charge in [-0.1, -0.05) is 11.6 Å². The average Bonchev–Trinajstić information content (AvgIpc) is 2.50. The quantitative estimate of drug-likeness (QED) is 0.420. The maximum Gasteiger partial charge on any atom is 0.291 e. The van der Waals surface area contributed by atoms with Gasteiger partial charge < -0.3 is 5.32 Å². The fourth-order valence-electron chi connectivity index (χ4n) is 1.95. The number of alkyl halides is 2. The minimum Gasteiger partial charge on any atom is -0.351 e. The number of hydrogen-bond acceptors (Lipinski definition) is 3. The third-order valence-corrected chi connectivity index (χ3v) is 2.84. The summed E-state index contributed by atoms with van der Waals surface area (Å²) < 4.78 is 12.7. The van der Waals surface area contributed by atoms with Crippen molar-refractivity contribution < 1.29 is 18.8 Å². The second kappa shape index (κ2) is 5.51. The number of carbonyl (C=O) groups excluding carboxylic acids is 3. The van der Waals surface area contributed by atoms with E-state index in [0.29, 0.717) is 6.42 Å². The Kier molecular flexibility index (Phi) is 4.50. The number of nitrogens with zero attached hydrogens (tertiary/aromatic N) is 1. The molecule has 1 saturated heterocycles. The number of hydrazine groups is 1. The molecule has 0 spiro atoms. The van der Waals surface area contributed by atoms with Gasteiger partial charge in [0.05, 0.1) is 12.5 Å². The molecule has 2 N–H and O–H groups in total. The number of nitrogens with one attached hydrogen (secondary N) is 2. The molecular formula is C10H15ClFN3O3. The highest BCUT2D eigenvalue weighted by molar-refractivity contribution is 6.29. The maximum atomic E-state index is 12.7. The second-order valence-corrected chi connectivity index (χ2v) is 5.15. The molecule has 2 atom stereocenters. The minimum atomic E-state index is -2.25. The van der Waals surface area contributed by atoms with Crippen molar-refractivity contribution in [3.05, 3.63) is 0 Å². The first-order chi connectivity index (χ1) is 8.26. The van der Waals surface area contributed by atoms with Crippen molar-refractivity contribution in [1.82, 2.24) is 15.8 Å². The summed E-state index contributed by atoms with van der Waals surface area (Å²) in [6.07, 6.45) is 0.713. The SMILES string of the molecule is CC1(C)CC(CN(NC=O)C(=O)C(F)Cl)C(=O)N1. The highest BCUT2D eigenvalue weighted by Crippen LogP contribution is 2.25. The van der Waals surface area contributed by atoms with Crippen molar-refractivity contribution in [3.8, 4) is 0 Å². The van der Waals surface area contributed by atoms with Gasteiger partial charge >= 0.3 is 0 Å². The van der Waals surface area contributed by atoms with E-state index in [0.717, 1.165) is 5.01 Å². The van der Waals surface area contributed by atoms with Gasteiger partial charge in [-0.25, -0.2) is 9.40 Å². The normalized spacial score (nSPS) is 23.1. The van der Waals surface area contributed by atoms with Gasteiger partial charge in [-0.05, 0) is 20.3 Å². The smallest absolute Gasteiger partial charge is 0.291 e. The number of hydrogen-bond donors (Lipinski definition) is 2. The zero-order valence-corrected chi connectivity index (χ0v) is 10.8. The van der Waals surface area contributed by atoms with Crippen molar-refractivity contribution >= 4 is 29.8 Å². The van der Waals surface area contributed by atoms with E-state index in [4.69, 9.17) is 11.6 Å². The first kappa shape index (κ1) is 14.7. The molecule has 102 valence electrons. The van der Waals surface area contributed by atoms with Crippen LogP contribution in [0.25, 0.3) is 0 Å². The molecule has 1 rings (SSSR count). The summed E-state index contributed by atoms with van der Waals surface area (Å²) in [5, 5.41) is 3.46. The van der Waals surface area contributed by atoms with Crippen molar-refractivity contribution in [1.29, 1.82) is 0 Å². The summed E-state index contributed by atoms with van der Waals surface area (Å²) in [5.41, 5.74) is -0.599. The Balaban J connectivity index is 2.70. The maximum absolute atomic E-state index is 12.7. The third kappa shape index (κ3) is 3.56. The summed E-state index contributed by atoms with van der Waals surface area (Å²) >= 11 is 5.02. The zero-order chi connectivity index (χ0) is 13.9. The zero-order valence-electron chi connectivity index (χ0n) is 10.1. The summed E-state index contributed by atoms with van der Waals surface area (Å²) in [7, 11) is 0. The Hall–Kier alpha value is -1.37. The largest absolute Gasteiger partial charge is 0.351 e. The summed E-state index contributed by atoms with van der Waals surface area (Å²) in [6, 6.07) is 0. The molecule has 1 fully saturated rings. The molecule has 8 heteroatoms. The topological polar surface area (TPSA) is 78.5 Å². The predicted molar refractivity (Wildman–Crippen MR) is 62.0 cm³/mol. The lowest BCUT2D eigenvalue weighted by Gasteiger charge is -2.23. The van der Waals surface area contributed by atoms with Crippen LogP contribution in [0.5, 0.6) is 0 Å². The summed E-state index contributed by atoms with van der Waals surface area (Å²) in [5.74, 6) is -1.84. The van der Waals surface area contributed by atoms with Crippen LogP contribution < -0.4 is 10.7 Å². The molecule has 1 heterocycles. The van der Waals surface area contributed by atoms with E-state index in [9.17, 15) is 18.8 Å². The molecule has 3 amide bonds. The number of carbonyl (C=O) groups is 3. The van der Waals surface area contributed by atoms with Crippen LogP contribution in [0.3, 0.4) is 0 Å². The third-order valence-electron chi connectivity index (χ3n) is 2.65. The molecule has 1 aliphatic heterocycles. The fourth-order valence-corrected chi connectivity index (χ4v) is 2.07. The summed E-state index contributed by atoms with van der Waals surface area (Å²) in [6.45, 7) is 3.56. The molecule has 1 aliphatic rings. The molecule has 0 aromatic heterocycles. The first-order valence-electron chi connectivity index (χ1n) is 5.38. The van der Waals surface area contributed by atoms with Crippen molar-refractivity contribution in [2.75, 3.05) is 6.54 Å². The lowest BCUT2D eigenvalue weighted by atomic mass is 9.96. The Morgan fingerprint density at radius 3 is 2.78 bits per heavy atom. The van der Waals surface area contributed by atoms with E-state index in [1.807, 2.05) is 19.3 Å². The highest BCUT2D eigenvalue weighted by Gasteiger charge is 2.39. The van der Waals surface area contributed by atoms with Crippen LogP contribution in [0.2, 0.25) is 0 Å². The number of amides is 3. The van der Waals surface area contributed by atoms with Crippen molar-refractivity contribution in [3.63, 3.8) is 0 Å². The van der Waals surface area contributed by atoms with E-state index in [1.165, 1.54) is 0 Å². The Bertz CT molecular complexity index is 362. The van der Waals surface area contributed by atoms with Gasteiger partial charge in [-0.3, -0.25) is 19.8 Å². The van der Waals surface area contributed by atoms with Gasteiger partial charge in [-0.2, -0.15) is 0 Å². The molecule has 18 heavy (non-hydrogen) atoms. The average molecular weight is 280 g/mol. The molecule has 0 saturated carbocycles. The molecular weight excluding hydrogens is 265 g/mol. The van der Waals surface area contributed by atoms with Gasteiger partial charge in [0.25, 0.3) is 11.5 Å². The van der Waals surface area contributed by atoms with E-state index < -0.39 is 17.5 Å². The van der Waals surface area contributed by atoms with E-state index in [1.54, 1.807) is 0 Å². The van der Waals surface area contributed by atoms with Crippen LogP contribution in [-0.2, 0) is 14.4 Å². The van der Waals surface area contributed by atoms with Gasteiger partial charge in [-0.15, -0.1) is 0 Å². The number of halogens is 2. The monoisotopic (exact) mass is 279 g/mol. The Morgan fingerprint density at radius 2 is 2.39 bits per heavy atom. The Labute approximate surface area is 109 Å². The van der Waals surface area contributed by atoms with Crippen LogP contribution in [0.4, 0.5) is 4.39 Å². The minimum absolute atomic E-state index is 0.111. The van der Waals surface area contributed by atoms with Crippen LogP contribution in [0.1, 0.15) is 20.3 Å². The molecule has 0 bridgehead atoms. The molecule has 0 aliphatic carbocycles. The van der Waals surface area contributed by atoms with E-state index >= 15 is 0 Å². The second-order valence-electron chi connectivity index (χ2n) is 4.77. The predicted octanol–water partition coefficient (Wildman–Crippen LogP) is -0.0749. The fraction of sp³-hybridized carbons (Fsp3) is 0.700. The Morgan fingerprint density at radius 1 is 1.78 bits per heavy atom. The van der Waals surface area contributed by atoms with Gasteiger partial charge in [0, 0.05) is 5.54 Å². The molecule has 2 unspecified atom stereocenters. The van der Waals surface area contributed by atoms with Gasteiger partial charge in [0.1, 0.15) is 0 Å². The molecule has 0 aromatic carbocycles. The lowest BCUT2D eigenvalue weighted by molar-refractivity contribution is -0.141. The lowest BCUT2D eigenvalue weighted by Crippen LogP contribution is -2.48. The van der Waals surface area contributed by atoms with Crippen molar-refractivity contribution in [2.45, 2.75) is 31.4 Å². The number of rotatable bonds is 5.